The molecule has 0 aliphatic carbocycles. The molecule has 6 aromatic rings. The van der Waals surface area contributed by atoms with Gasteiger partial charge in [-0.05, 0) is 48.0 Å². The number of nitrogens with zero attached hydrogens (tertiary/aromatic N) is 5. The number of hydrogen-bond donors (Lipinski definition) is 0. The van der Waals surface area contributed by atoms with E-state index < -0.39 is 4.92 Å². The average Bonchev–Trinajstić information content (AvgIpc) is 3.38. The lowest BCUT2D eigenvalue weighted by molar-refractivity contribution is -0.385. The van der Waals surface area contributed by atoms with E-state index in [1.54, 1.807) is 36.4 Å². The van der Waals surface area contributed by atoms with Crippen LogP contribution in [0.5, 0.6) is 11.6 Å². The number of aromatic nitrogens is 3. The van der Waals surface area contributed by atoms with Crippen LogP contribution < -0.4 is 10.3 Å². The molecule has 0 atom stereocenters. The third-order valence-corrected chi connectivity index (χ3v) is 6.12. The van der Waals surface area contributed by atoms with E-state index >= 15 is 0 Å². The highest BCUT2D eigenvalue weighted by Gasteiger charge is 2.16. The number of halogens is 1. The number of nitro groups is 1. The Morgan fingerprint density at radius 3 is 2.62 bits per heavy atom. The average molecular weight is 538 g/mol. The molecule has 0 amide bonds. The lowest BCUT2D eigenvalue weighted by Crippen LogP contribution is -2.20. The SMILES string of the molecule is O=c1c2ccccc2nc(-c2cc3ccccc3o2)n1N=Cc1ccc(Oc2ccc([N+](=O)[O-])cn2)c(Cl)c1. The van der Waals surface area contributed by atoms with E-state index in [-0.39, 0.29) is 28.0 Å². The van der Waals surface area contributed by atoms with Crippen LogP contribution in [-0.2, 0) is 0 Å². The van der Waals surface area contributed by atoms with Crippen LogP contribution in [0.15, 0.2) is 105 Å². The van der Waals surface area contributed by atoms with Crippen molar-refractivity contribution in [3.63, 3.8) is 0 Å². The van der Waals surface area contributed by atoms with Gasteiger partial charge in [-0.25, -0.2) is 9.97 Å². The molecule has 190 valence electrons. The summed E-state index contributed by atoms with van der Waals surface area (Å²) in [7, 11) is 0. The van der Waals surface area contributed by atoms with Crippen LogP contribution in [0.25, 0.3) is 33.5 Å². The molecule has 10 nitrogen and oxygen atoms in total. The maximum atomic E-state index is 13.4. The molecule has 0 radical (unpaired) electrons. The van der Waals surface area contributed by atoms with Crippen molar-refractivity contribution in [3.05, 3.63) is 122 Å². The number of pyridine rings is 1. The van der Waals surface area contributed by atoms with Gasteiger partial charge < -0.3 is 9.15 Å². The molecule has 3 heterocycles. The lowest BCUT2D eigenvalue weighted by Gasteiger charge is -2.08. The van der Waals surface area contributed by atoms with Crippen molar-refractivity contribution in [3.8, 4) is 23.2 Å². The largest absolute Gasteiger partial charge is 0.453 e. The van der Waals surface area contributed by atoms with Gasteiger partial charge in [0.2, 0.25) is 11.7 Å². The molecule has 0 aliphatic heterocycles. The molecular weight excluding hydrogens is 522 g/mol. The third-order valence-electron chi connectivity index (χ3n) is 5.82. The molecule has 0 unspecified atom stereocenters. The van der Waals surface area contributed by atoms with E-state index in [1.807, 2.05) is 36.4 Å². The van der Waals surface area contributed by atoms with E-state index in [1.165, 1.54) is 23.0 Å². The van der Waals surface area contributed by atoms with Crippen LogP contribution in [-0.4, -0.2) is 25.8 Å². The second-order valence-electron chi connectivity index (χ2n) is 8.37. The van der Waals surface area contributed by atoms with Crippen LogP contribution in [0.1, 0.15) is 5.56 Å². The van der Waals surface area contributed by atoms with Crippen molar-refractivity contribution in [1.82, 2.24) is 14.6 Å². The summed E-state index contributed by atoms with van der Waals surface area (Å²) in [6.07, 6.45) is 2.57. The minimum atomic E-state index is -0.548. The molecule has 0 fully saturated rings. The molecule has 3 aromatic carbocycles. The quantitative estimate of drug-likeness (QED) is 0.136. The van der Waals surface area contributed by atoms with Crippen molar-refractivity contribution in [1.29, 1.82) is 0 Å². The van der Waals surface area contributed by atoms with Gasteiger partial charge in [0.05, 0.1) is 27.1 Å². The summed E-state index contributed by atoms with van der Waals surface area (Å²) in [5.74, 6) is 1.09. The van der Waals surface area contributed by atoms with Crippen LogP contribution in [0, 0.1) is 10.1 Å². The van der Waals surface area contributed by atoms with Gasteiger partial charge in [0, 0.05) is 17.5 Å². The van der Waals surface area contributed by atoms with Crippen molar-refractivity contribution in [2.24, 2.45) is 5.10 Å². The molecule has 0 aliphatic rings. The van der Waals surface area contributed by atoms with E-state index in [0.717, 1.165) is 11.6 Å². The Kier molecular flexibility index (Phi) is 6.06. The minimum Gasteiger partial charge on any atom is -0.453 e. The summed E-state index contributed by atoms with van der Waals surface area (Å²) in [6, 6.07) is 23.9. The van der Waals surface area contributed by atoms with E-state index in [9.17, 15) is 14.9 Å². The van der Waals surface area contributed by atoms with E-state index in [0.29, 0.717) is 33.6 Å². The maximum Gasteiger partial charge on any atom is 0.287 e. The summed E-state index contributed by atoms with van der Waals surface area (Å²) < 4.78 is 12.8. The smallest absolute Gasteiger partial charge is 0.287 e. The summed E-state index contributed by atoms with van der Waals surface area (Å²) in [4.78, 5) is 32.3. The Hall–Kier alpha value is -5.35. The number of hydrogen-bond acceptors (Lipinski definition) is 8. The zero-order valence-corrected chi connectivity index (χ0v) is 20.6. The topological polar surface area (TPSA) is 126 Å². The normalized spacial score (nSPS) is 11.4. The standard InChI is InChI=1S/C28H16ClN5O5/c29-21-13-17(9-11-24(21)39-26-12-10-19(16-30-26)34(36)37)15-31-33-27(25-14-18-5-1-4-8-23(18)38-25)32-22-7-3-2-6-20(22)28(33)35/h1-16H. The summed E-state index contributed by atoms with van der Waals surface area (Å²) in [6.45, 7) is 0. The number of rotatable bonds is 6. The summed E-state index contributed by atoms with van der Waals surface area (Å²) in [5, 5.41) is 16.8. The Bertz CT molecular complexity index is 1930. The zero-order valence-electron chi connectivity index (χ0n) is 19.9. The van der Waals surface area contributed by atoms with Crippen molar-refractivity contribution in [2.45, 2.75) is 0 Å². The second-order valence-corrected chi connectivity index (χ2v) is 8.77. The van der Waals surface area contributed by atoms with E-state index in [2.05, 4.69) is 15.1 Å². The number of fused-ring (bicyclic) bond motifs is 2. The van der Waals surface area contributed by atoms with Crippen molar-refractivity contribution in [2.75, 3.05) is 0 Å². The van der Waals surface area contributed by atoms with Crippen LogP contribution >= 0.6 is 11.6 Å². The number of furan rings is 1. The molecule has 0 saturated carbocycles. The van der Waals surface area contributed by atoms with Crippen molar-refractivity contribution < 1.29 is 14.1 Å². The van der Waals surface area contributed by atoms with Crippen LogP contribution in [0.2, 0.25) is 5.02 Å². The van der Waals surface area contributed by atoms with Gasteiger partial charge in [0.1, 0.15) is 17.5 Å². The maximum absolute atomic E-state index is 13.4. The molecule has 0 bridgehead atoms. The Morgan fingerprint density at radius 1 is 1.03 bits per heavy atom. The van der Waals surface area contributed by atoms with Gasteiger partial charge in [-0.3, -0.25) is 14.9 Å². The molecular formula is C28H16ClN5O5. The lowest BCUT2D eigenvalue weighted by atomic mass is 10.2. The monoisotopic (exact) mass is 537 g/mol. The predicted molar refractivity (Wildman–Crippen MR) is 147 cm³/mol. The Balaban J connectivity index is 1.36. The second kappa shape index (κ2) is 9.84. The Labute approximate surface area is 224 Å². The van der Waals surface area contributed by atoms with Gasteiger partial charge in [0.25, 0.3) is 11.2 Å². The fourth-order valence-corrected chi connectivity index (χ4v) is 4.17. The first-order chi connectivity index (χ1) is 19.0. The van der Waals surface area contributed by atoms with Gasteiger partial charge >= 0.3 is 0 Å². The van der Waals surface area contributed by atoms with Gasteiger partial charge in [-0.1, -0.05) is 41.9 Å². The number of ether oxygens (including phenoxy) is 1. The van der Waals surface area contributed by atoms with Crippen molar-refractivity contribution >= 4 is 45.4 Å². The molecule has 11 heteroatoms. The molecule has 0 N–H and O–H groups in total. The first-order valence-corrected chi connectivity index (χ1v) is 12.0. The third kappa shape index (κ3) is 4.72. The predicted octanol–water partition coefficient (Wildman–Crippen LogP) is 6.44. The summed E-state index contributed by atoms with van der Waals surface area (Å²) >= 11 is 6.41. The summed E-state index contributed by atoms with van der Waals surface area (Å²) in [5.41, 5.74) is 1.26. The zero-order chi connectivity index (χ0) is 26.9. The molecule has 0 spiro atoms. The van der Waals surface area contributed by atoms with E-state index in [4.69, 9.17) is 20.8 Å². The van der Waals surface area contributed by atoms with Crippen LogP contribution in [0.4, 0.5) is 5.69 Å². The van der Waals surface area contributed by atoms with Gasteiger partial charge in [-0.15, -0.1) is 0 Å². The molecule has 3 aromatic heterocycles. The highest BCUT2D eigenvalue weighted by atomic mass is 35.5. The van der Waals surface area contributed by atoms with Crippen LogP contribution in [0.3, 0.4) is 0 Å². The fraction of sp³-hybridized carbons (Fsp3) is 0. The first kappa shape index (κ1) is 24.0. The molecule has 6 rings (SSSR count). The minimum absolute atomic E-state index is 0.146. The fourth-order valence-electron chi connectivity index (χ4n) is 3.94. The van der Waals surface area contributed by atoms with Gasteiger partial charge in [-0.2, -0.15) is 9.78 Å². The van der Waals surface area contributed by atoms with Gasteiger partial charge in [0.15, 0.2) is 5.76 Å². The number of benzene rings is 3. The molecule has 0 saturated heterocycles. The Morgan fingerprint density at radius 2 is 1.85 bits per heavy atom. The number of para-hydroxylation sites is 2. The highest BCUT2D eigenvalue weighted by Crippen LogP contribution is 2.30. The highest BCUT2D eigenvalue weighted by molar-refractivity contribution is 6.32. The molecule has 39 heavy (non-hydrogen) atoms. The first-order valence-electron chi connectivity index (χ1n) is 11.6.